The van der Waals surface area contributed by atoms with Crippen molar-refractivity contribution in [2.45, 2.75) is 85.2 Å². The van der Waals surface area contributed by atoms with Gasteiger partial charge in [0.2, 0.25) is 0 Å². The van der Waals surface area contributed by atoms with E-state index in [2.05, 4.69) is 10.3 Å². The summed E-state index contributed by atoms with van der Waals surface area (Å²) in [6, 6.07) is 5.62. The molecule has 1 fully saturated rings. The Kier molecular flexibility index (Phi) is 5.71. The number of carbonyl (C=O) groups is 1. The molecule has 0 saturated carbocycles. The average Bonchev–Trinajstić information content (AvgIpc) is 3.07. The Balaban J connectivity index is 1.85. The lowest BCUT2D eigenvalue weighted by Gasteiger charge is -2.32. The van der Waals surface area contributed by atoms with Crippen LogP contribution in [-0.4, -0.2) is 40.0 Å². The highest BCUT2D eigenvalue weighted by Crippen LogP contribution is 2.36. The minimum absolute atomic E-state index is 0.126. The molecule has 0 spiro atoms. The van der Waals surface area contributed by atoms with Crippen molar-refractivity contribution in [3.63, 3.8) is 0 Å². The van der Waals surface area contributed by atoms with E-state index in [1.807, 2.05) is 80.5 Å². The van der Waals surface area contributed by atoms with Crippen molar-refractivity contribution < 1.29 is 18.8 Å². The smallest absolute Gasteiger partial charge is 0.444 e. The van der Waals surface area contributed by atoms with Crippen LogP contribution < -0.4 is 10.8 Å². The van der Waals surface area contributed by atoms with Gasteiger partial charge in [-0.25, -0.2) is 9.78 Å². The van der Waals surface area contributed by atoms with Crippen LogP contribution in [0, 0.1) is 5.92 Å². The number of aromatic amines is 1. The highest BCUT2D eigenvalue weighted by atomic mass is 16.7. The van der Waals surface area contributed by atoms with Crippen LogP contribution in [0.4, 0.5) is 4.79 Å². The number of nitrogens with one attached hydrogen (secondary N) is 2. The number of ether oxygens (including phenoxy) is 1. The van der Waals surface area contributed by atoms with E-state index in [0.29, 0.717) is 5.82 Å². The Morgan fingerprint density at radius 2 is 1.77 bits per heavy atom. The molecule has 2 aromatic rings. The van der Waals surface area contributed by atoms with E-state index >= 15 is 0 Å². The number of rotatable bonds is 4. The summed E-state index contributed by atoms with van der Waals surface area (Å²) in [6.45, 7) is 17.7. The molecular weight excluding hydrogens is 381 g/mol. The monoisotopic (exact) mass is 415 g/mol. The molecule has 0 unspecified atom stereocenters. The molecule has 1 aliphatic rings. The number of H-pyrrole nitrogens is 1. The maximum Gasteiger partial charge on any atom is 0.494 e. The van der Waals surface area contributed by atoms with Gasteiger partial charge in [-0.15, -0.1) is 0 Å². The summed E-state index contributed by atoms with van der Waals surface area (Å²) in [7, 11) is -0.438. The minimum atomic E-state index is -0.558. The maximum atomic E-state index is 12.3. The first-order valence-electron chi connectivity index (χ1n) is 10.5. The number of fused-ring (bicyclic) bond motifs is 1. The molecule has 7 nitrogen and oxygen atoms in total. The Labute approximate surface area is 179 Å². The van der Waals surface area contributed by atoms with Gasteiger partial charge in [0.15, 0.2) is 0 Å². The van der Waals surface area contributed by atoms with E-state index in [9.17, 15) is 4.79 Å². The molecule has 1 aromatic carbocycles. The quantitative estimate of drug-likeness (QED) is 0.735. The van der Waals surface area contributed by atoms with Crippen LogP contribution in [0.2, 0.25) is 0 Å². The molecule has 1 atom stereocenters. The summed E-state index contributed by atoms with van der Waals surface area (Å²) in [5.74, 6) is 0.817. The van der Waals surface area contributed by atoms with Gasteiger partial charge in [0.25, 0.3) is 0 Å². The molecule has 0 bridgehead atoms. The van der Waals surface area contributed by atoms with Gasteiger partial charge in [-0.05, 0) is 72.0 Å². The standard InChI is InChI=1S/C22H34BN3O4/c1-13(2)17(26-19(27)28-20(3,4)5)18-24-15-11-10-14(12-16(15)25-18)23-29-21(6,7)22(8,9)30-23/h10-13,17H,1-9H3,(H,24,25)(H,26,27)/t17-/m0/s1. The lowest BCUT2D eigenvalue weighted by atomic mass is 9.79. The molecule has 2 heterocycles. The predicted octanol–water partition coefficient (Wildman–Crippen LogP) is 4.08. The molecule has 1 aliphatic heterocycles. The van der Waals surface area contributed by atoms with Crippen LogP contribution in [0.1, 0.15) is 74.2 Å². The third-order valence-corrected chi connectivity index (χ3v) is 5.68. The SMILES string of the molecule is CC(C)[C@H](NC(=O)OC(C)(C)C)c1nc2ccc(B3OC(C)(C)C(C)(C)O3)cc2[nH]1. The van der Waals surface area contributed by atoms with Crippen molar-refractivity contribution in [3.05, 3.63) is 24.0 Å². The van der Waals surface area contributed by atoms with E-state index in [4.69, 9.17) is 19.0 Å². The minimum Gasteiger partial charge on any atom is -0.444 e. The maximum absolute atomic E-state index is 12.3. The second-order valence-electron chi connectivity index (χ2n) is 10.4. The molecule has 0 radical (unpaired) electrons. The van der Waals surface area contributed by atoms with E-state index in [1.165, 1.54) is 0 Å². The molecule has 30 heavy (non-hydrogen) atoms. The number of carbonyl (C=O) groups excluding carboxylic acids is 1. The second-order valence-corrected chi connectivity index (χ2v) is 10.4. The molecule has 8 heteroatoms. The van der Waals surface area contributed by atoms with Crippen molar-refractivity contribution >= 4 is 29.7 Å². The van der Waals surface area contributed by atoms with Crippen LogP contribution in [-0.2, 0) is 14.0 Å². The Bertz CT molecular complexity index is 914. The van der Waals surface area contributed by atoms with Crippen LogP contribution >= 0.6 is 0 Å². The molecule has 164 valence electrons. The van der Waals surface area contributed by atoms with Gasteiger partial charge in [0.05, 0.1) is 28.3 Å². The first-order chi connectivity index (χ1) is 13.7. The zero-order chi connectivity index (χ0) is 22.5. The molecular formula is C22H34BN3O4. The lowest BCUT2D eigenvalue weighted by molar-refractivity contribution is 0.00578. The number of benzene rings is 1. The summed E-state index contributed by atoms with van der Waals surface area (Å²) in [6.07, 6.45) is -0.459. The van der Waals surface area contributed by atoms with Crippen molar-refractivity contribution in [2.24, 2.45) is 5.92 Å². The number of alkyl carbamates (subject to hydrolysis) is 1. The zero-order valence-corrected chi connectivity index (χ0v) is 19.5. The van der Waals surface area contributed by atoms with Crippen molar-refractivity contribution in [2.75, 3.05) is 0 Å². The van der Waals surface area contributed by atoms with E-state index < -0.39 is 30.0 Å². The summed E-state index contributed by atoms with van der Waals surface area (Å²) < 4.78 is 17.7. The Morgan fingerprint density at radius 1 is 1.17 bits per heavy atom. The van der Waals surface area contributed by atoms with Gasteiger partial charge in [0.1, 0.15) is 11.4 Å². The average molecular weight is 415 g/mol. The first-order valence-corrected chi connectivity index (χ1v) is 10.5. The highest BCUT2D eigenvalue weighted by Gasteiger charge is 2.51. The Morgan fingerprint density at radius 3 is 2.30 bits per heavy atom. The normalized spacial score (nSPS) is 19.3. The predicted molar refractivity (Wildman–Crippen MR) is 119 cm³/mol. The topological polar surface area (TPSA) is 85.5 Å². The number of amides is 1. The fourth-order valence-electron chi connectivity index (χ4n) is 3.31. The largest absolute Gasteiger partial charge is 0.494 e. The van der Waals surface area contributed by atoms with Crippen molar-refractivity contribution in [1.82, 2.24) is 15.3 Å². The summed E-state index contributed by atoms with van der Waals surface area (Å²) in [4.78, 5) is 20.4. The molecule has 0 aliphatic carbocycles. The molecule has 3 rings (SSSR count). The summed E-state index contributed by atoms with van der Waals surface area (Å²) in [5, 5.41) is 2.94. The van der Waals surface area contributed by atoms with Crippen LogP contribution in [0.15, 0.2) is 18.2 Å². The third kappa shape index (κ3) is 4.65. The Hall–Kier alpha value is -2.06. The van der Waals surface area contributed by atoms with Crippen LogP contribution in [0.25, 0.3) is 11.0 Å². The number of hydrogen-bond acceptors (Lipinski definition) is 5. The fraction of sp³-hybridized carbons (Fsp3) is 0.636. The van der Waals surface area contributed by atoms with Gasteiger partial charge in [0, 0.05) is 0 Å². The molecule has 1 saturated heterocycles. The second kappa shape index (κ2) is 7.57. The van der Waals surface area contributed by atoms with Gasteiger partial charge in [-0.1, -0.05) is 19.9 Å². The third-order valence-electron chi connectivity index (χ3n) is 5.68. The van der Waals surface area contributed by atoms with Gasteiger partial charge in [-0.2, -0.15) is 0 Å². The van der Waals surface area contributed by atoms with Crippen molar-refractivity contribution in [1.29, 1.82) is 0 Å². The molecule has 1 aromatic heterocycles. The van der Waals surface area contributed by atoms with Crippen molar-refractivity contribution in [3.8, 4) is 0 Å². The summed E-state index contributed by atoms with van der Waals surface area (Å²) >= 11 is 0. The van der Waals surface area contributed by atoms with Gasteiger partial charge in [-0.3, -0.25) is 0 Å². The number of aromatic nitrogens is 2. The van der Waals surface area contributed by atoms with Crippen LogP contribution in [0.5, 0.6) is 0 Å². The molecule has 1 amide bonds. The van der Waals surface area contributed by atoms with E-state index in [1.54, 1.807) is 0 Å². The number of nitrogens with zero attached hydrogens (tertiary/aromatic N) is 1. The number of hydrogen-bond donors (Lipinski definition) is 2. The lowest BCUT2D eigenvalue weighted by Crippen LogP contribution is -2.41. The van der Waals surface area contributed by atoms with Gasteiger partial charge >= 0.3 is 13.2 Å². The fourth-order valence-corrected chi connectivity index (χ4v) is 3.31. The number of imidazole rings is 1. The van der Waals surface area contributed by atoms with E-state index in [-0.39, 0.29) is 12.0 Å². The highest BCUT2D eigenvalue weighted by molar-refractivity contribution is 6.62. The van der Waals surface area contributed by atoms with Gasteiger partial charge < -0.3 is 24.3 Å². The first kappa shape index (κ1) is 22.6. The van der Waals surface area contributed by atoms with Crippen LogP contribution in [0.3, 0.4) is 0 Å². The van der Waals surface area contributed by atoms with E-state index in [0.717, 1.165) is 16.5 Å². The summed E-state index contributed by atoms with van der Waals surface area (Å²) in [5.41, 5.74) is 1.27. The zero-order valence-electron chi connectivity index (χ0n) is 19.5. The molecule has 2 N–H and O–H groups in total.